The Hall–Kier alpha value is -3.33. The molecular weight excluding hydrogens is 1130 g/mol. The predicted molar refractivity (Wildman–Crippen MR) is 392 cm³/mol. The number of allylic oxidation sites excluding steroid dienone is 17. The van der Waals surface area contributed by atoms with Gasteiger partial charge in [0.2, 0.25) is 5.91 Å². The molecule has 0 radical (unpaired) electrons. The SMILES string of the molecule is CC/C=C\C/C=C\C/C=C\C/C=C\C/C=C\C/C=C\CCCCCCCCC(=O)NC(COP(=O)(O)OCC[N+](C)(C)C)C(/C=C/CCCCCCCCCCCC)OC(=O)CCCCCCCCCCCCCCCCCCC/C=C\C/C=C\CCCCC. The zero-order valence-electron chi connectivity index (χ0n) is 59.6. The van der Waals surface area contributed by atoms with Crippen LogP contribution in [0.3, 0.4) is 0 Å². The van der Waals surface area contributed by atoms with Crippen LogP contribution in [0.4, 0.5) is 0 Å². The van der Waals surface area contributed by atoms with Gasteiger partial charge in [-0.2, -0.15) is 0 Å². The van der Waals surface area contributed by atoms with Crippen molar-refractivity contribution in [2.24, 2.45) is 0 Å². The van der Waals surface area contributed by atoms with E-state index < -0.39 is 20.0 Å². The van der Waals surface area contributed by atoms with Gasteiger partial charge in [0, 0.05) is 12.8 Å². The molecule has 0 spiro atoms. The molecule has 0 heterocycles. The van der Waals surface area contributed by atoms with Crippen LogP contribution in [-0.2, 0) is 27.9 Å². The maximum Gasteiger partial charge on any atom is 0.472 e. The Balaban J connectivity index is 5.02. The quantitative estimate of drug-likeness (QED) is 0.0205. The van der Waals surface area contributed by atoms with E-state index >= 15 is 0 Å². The van der Waals surface area contributed by atoms with E-state index in [9.17, 15) is 19.0 Å². The second-order valence-electron chi connectivity index (χ2n) is 26.4. The third-order valence-electron chi connectivity index (χ3n) is 16.4. The summed E-state index contributed by atoms with van der Waals surface area (Å²) in [6.07, 6.45) is 95.4. The number of nitrogens with one attached hydrogen (secondary N) is 1. The monoisotopic (exact) mass is 1280 g/mol. The first-order valence-corrected chi connectivity index (χ1v) is 39.2. The fraction of sp³-hybridized carbons (Fsp3) is 0.750. The molecule has 0 aromatic carbocycles. The Bertz CT molecular complexity index is 1910. The summed E-state index contributed by atoms with van der Waals surface area (Å²) in [5.74, 6) is -0.516. The fourth-order valence-electron chi connectivity index (χ4n) is 10.7. The molecular formula is C80H144N2O7P+. The van der Waals surface area contributed by atoms with Gasteiger partial charge >= 0.3 is 13.8 Å². The van der Waals surface area contributed by atoms with Crippen LogP contribution in [0.15, 0.2) is 109 Å². The number of hydrogen-bond acceptors (Lipinski definition) is 6. The van der Waals surface area contributed by atoms with Crippen molar-refractivity contribution in [3.8, 4) is 0 Å². The number of phosphoric acid groups is 1. The van der Waals surface area contributed by atoms with Crippen LogP contribution in [0.5, 0.6) is 0 Å². The van der Waals surface area contributed by atoms with Gasteiger partial charge in [-0.15, -0.1) is 0 Å². The highest BCUT2D eigenvalue weighted by Crippen LogP contribution is 2.43. The van der Waals surface area contributed by atoms with E-state index in [0.29, 0.717) is 17.4 Å². The molecule has 0 rings (SSSR count). The molecule has 0 aliphatic rings. The maximum absolute atomic E-state index is 13.6. The summed E-state index contributed by atoms with van der Waals surface area (Å²) in [6, 6.07) is -0.863. The summed E-state index contributed by atoms with van der Waals surface area (Å²) in [5.41, 5.74) is 0. The van der Waals surface area contributed by atoms with Crippen molar-refractivity contribution in [3.05, 3.63) is 109 Å². The Morgan fingerprint density at radius 1 is 0.400 bits per heavy atom. The van der Waals surface area contributed by atoms with Crippen molar-refractivity contribution in [3.63, 3.8) is 0 Å². The number of carbonyl (C=O) groups excluding carboxylic acids is 2. The van der Waals surface area contributed by atoms with Crippen molar-refractivity contribution >= 4 is 19.7 Å². The van der Waals surface area contributed by atoms with Crippen LogP contribution < -0.4 is 5.32 Å². The van der Waals surface area contributed by atoms with Crippen LogP contribution in [0.25, 0.3) is 0 Å². The molecule has 0 aromatic rings. The number of amides is 1. The Morgan fingerprint density at radius 3 is 1.09 bits per heavy atom. The normalized spacial score (nSPS) is 14.1. The first-order valence-electron chi connectivity index (χ1n) is 37.7. The van der Waals surface area contributed by atoms with E-state index in [1.165, 1.54) is 173 Å². The molecule has 1 amide bonds. The lowest BCUT2D eigenvalue weighted by molar-refractivity contribution is -0.870. The molecule has 0 aliphatic carbocycles. The van der Waals surface area contributed by atoms with Crippen LogP contribution >= 0.6 is 7.82 Å². The number of carbonyl (C=O) groups is 2. The first kappa shape index (κ1) is 86.7. The molecule has 9 nitrogen and oxygen atoms in total. The largest absolute Gasteiger partial charge is 0.472 e. The van der Waals surface area contributed by atoms with Crippen molar-refractivity contribution in [1.29, 1.82) is 0 Å². The number of unbranched alkanes of at least 4 members (excludes halogenated alkanes) is 36. The number of likely N-dealkylation sites (N-methyl/N-ethyl adjacent to an activating group) is 1. The van der Waals surface area contributed by atoms with E-state index in [1.807, 2.05) is 33.3 Å². The average Bonchev–Trinajstić information content (AvgIpc) is 3.11. The number of ether oxygens (including phenoxy) is 1. The van der Waals surface area contributed by atoms with Gasteiger partial charge < -0.3 is 19.4 Å². The molecule has 0 aromatic heterocycles. The summed E-state index contributed by atoms with van der Waals surface area (Å²) in [4.78, 5) is 38.0. The number of quaternary nitrogens is 1. The second-order valence-corrected chi connectivity index (χ2v) is 27.9. The minimum atomic E-state index is -4.47. The van der Waals surface area contributed by atoms with Crippen LogP contribution in [-0.4, -0.2) is 74.3 Å². The number of esters is 1. The molecule has 90 heavy (non-hydrogen) atoms. The van der Waals surface area contributed by atoms with E-state index in [-0.39, 0.29) is 31.5 Å². The predicted octanol–water partition coefficient (Wildman–Crippen LogP) is 24.4. The molecule has 3 unspecified atom stereocenters. The second kappa shape index (κ2) is 68.5. The zero-order valence-corrected chi connectivity index (χ0v) is 60.5. The van der Waals surface area contributed by atoms with E-state index in [1.54, 1.807) is 0 Å². The van der Waals surface area contributed by atoms with Gasteiger partial charge in [0.15, 0.2) is 0 Å². The van der Waals surface area contributed by atoms with E-state index in [2.05, 4.69) is 123 Å². The summed E-state index contributed by atoms with van der Waals surface area (Å²) in [7, 11) is 1.48. The van der Waals surface area contributed by atoms with Gasteiger partial charge in [-0.25, -0.2) is 4.57 Å². The van der Waals surface area contributed by atoms with Gasteiger partial charge in [-0.05, 0) is 115 Å². The van der Waals surface area contributed by atoms with Crippen LogP contribution in [0.2, 0.25) is 0 Å². The van der Waals surface area contributed by atoms with Crippen LogP contribution in [0, 0.1) is 0 Å². The Morgan fingerprint density at radius 2 is 0.711 bits per heavy atom. The summed E-state index contributed by atoms with van der Waals surface area (Å²) >= 11 is 0. The summed E-state index contributed by atoms with van der Waals surface area (Å²) in [6.45, 7) is 6.89. The number of nitrogens with zero attached hydrogens (tertiary/aromatic N) is 1. The highest BCUT2D eigenvalue weighted by atomic mass is 31.2. The minimum Gasteiger partial charge on any atom is -0.456 e. The lowest BCUT2D eigenvalue weighted by Gasteiger charge is -2.27. The van der Waals surface area contributed by atoms with Crippen LogP contribution in [0.1, 0.15) is 335 Å². The van der Waals surface area contributed by atoms with Gasteiger partial charge in [0.25, 0.3) is 0 Å². The third kappa shape index (κ3) is 69.0. The minimum absolute atomic E-state index is 0.0333. The summed E-state index contributed by atoms with van der Waals surface area (Å²) < 4.78 is 30.9. The topological polar surface area (TPSA) is 111 Å². The molecule has 520 valence electrons. The molecule has 3 atom stereocenters. The van der Waals surface area contributed by atoms with Gasteiger partial charge in [-0.1, -0.05) is 317 Å². The highest BCUT2D eigenvalue weighted by Gasteiger charge is 2.30. The molecule has 0 saturated carbocycles. The van der Waals surface area contributed by atoms with Gasteiger partial charge in [0.1, 0.15) is 19.3 Å². The number of rotatable bonds is 68. The molecule has 2 N–H and O–H groups in total. The number of phosphoric ester groups is 1. The van der Waals surface area contributed by atoms with E-state index in [4.69, 9.17) is 13.8 Å². The zero-order chi connectivity index (χ0) is 65.6. The maximum atomic E-state index is 13.6. The fourth-order valence-corrected chi connectivity index (χ4v) is 11.4. The lowest BCUT2D eigenvalue weighted by atomic mass is 10.0. The van der Waals surface area contributed by atoms with Crippen molar-refractivity contribution < 1.29 is 37.3 Å². The lowest BCUT2D eigenvalue weighted by Crippen LogP contribution is -2.47. The smallest absolute Gasteiger partial charge is 0.456 e. The third-order valence-corrected chi connectivity index (χ3v) is 17.4. The molecule has 0 saturated heterocycles. The van der Waals surface area contributed by atoms with Gasteiger partial charge in [-0.3, -0.25) is 18.6 Å². The first-order chi connectivity index (χ1) is 43.9. The molecule has 0 bridgehead atoms. The van der Waals surface area contributed by atoms with Crippen molar-refractivity contribution in [2.45, 2.75) is 348 Å². The average molecular weight is 1280 g/mol. The van der Waals surface area contributed by atoms with Crippen molar-refractivity contribution in [1.82, 2.24) is 5.32 Å². The molecule has 0 aliphatic heterocycles. The van der Waals surface area contributed by atoms with Crippen molar-refractivity contribution in [2.75, 3.05) is 40.9 Å². The molecule has 0 fully saturated rings. The highest BCUT2D eigenvalue weighted by molar-refractivity contribution is 7.47. The Labute approximate surface area is 557 Å². The Kier molecular flexibility index (Phi) is 66.0. The molecule has 10 heteroatoms. The van der Waals surface area contributed by atoms with E-state index in [0.717, 1.165) is 128 Å². The number of hydrogen-bond donors (Lipinski definition) is 2. The standard InChI is InChI=1S/C80H143N2O7P/c1-7-10-13-16-19-22-25-28-30-32-34-36-38-40-41-43-45-47-49-51-53-55-58-61-64-67-70-73-80(84)89-78(71-68-65-62-59-56-27-24-21-18-15-12-9-3)77(76-88-90(85,86)87-75-74-82(4,5)6)81-79(83)72-69-66-63-60-57-54-52-50-48-46-44-42-39-37-35-33-31-29-26-23-20-17-14-11-8-2/h11,14,19-20,22-23,28-31,35,37,42,44,48,50,68,71,77-78H,7-10,12-13,15-18,21,24-27,32-34,36,38-41,43,45-47,49,51-67,69-70,72-76H2,1-6H3,(H-,81,83,85,86)/p+1/b14-11-,22-19-,23-20-,30-28-,31-29-,37-35-,44-42-,50-48-,71-68+. The summed E-state index contributed by atoms with van der Waals surface area (Å²) in [5, 5.41) is 3.07. The van der Waals surface area contributed by atoms with Gasteiger partial charge in [0.05, 0.1) is 33.8 Å².